The average molecular weight is 591 g/mol. The molecule has 0 aliphatic carbocycles. The third-order valence-corrected chi connectivity index (χ3v) is 7.36. The van der Waals surface area contributed by atoms with E-state index in [9.17, 15) is 19.8 Å². The van der Waals surface area contributed by atoms with Crippen LogP contribution in [0.1, 0.15) is 36.1 Å². The summed E-state index contributed by atoms with van der Waals surface area (Å²) < 4.78 is 0. The molecule has 0 atom stereocenters. The second-order valence-corrected chi connectivity index (χ2v) is 10.3. The number of phenols is 2. The van der Waals surface area contributed by atoms with Gasteiger partial charge in [0.25, 0.3) is 0 Å². The Morgan fingerprint density at radius 3 is 1.27 bits per heavy atom. The van der Waals surface area contributed by atoms with Gasteiger partial charge in [0, 0.05) is 24.2 Å². The van der Waals surface area contributed by atoms with Crippen LogP contribution in [0.4, 0.5) is 0 Å². The number of fused-ring (bicyclic) bond motifs is 2. The van der Waals surface area contributed by atoms with Crippen molar-refractivity contribution in [2.45, 2.75) is 39.8 Å². The maximum atomic E-state index is 12.8. The molecule has 12 heteroatoms. The zero-order chi connectivity index (χ0) is 30.8. The highest BCUT2D eigenvalue weighted by atomic mass is 16.3. The first-order valence-electron chi connectivity index (χ1n) is 14.2. The van der Waals surface area contributed by atoms with Crippen molar-refractivity contribution in [2.24, 2.45) is 0 Å². The van der Waals surface area contributed by atoms with Crippen LogP contribution < -0.4 is 10.6 Å². The lowest BCUT2D eigenvalue weighted by Crippen LogP contribution is -2.39. The number of benzene rings is 4. The van der Waals surface area contributed by atoms with E-state index in [1.54, 1.807) is 24.3 Å². The molecule has 44 heavy (non-hydrogen) atoms. The number of nitrogens with one attached hydrogen (secondary N) is 2. The molecule has 2 heterocycles. The van der Waals surface area contributed by atoms with Gasteiger partial charge in [0.05, 0.1) is 0 Å². The first kappa shape index (κ1) is 28.3. The van der Waals surface area contributed by atoms with Gasteiger partial charge in [-0.1, -0.05) is 50.2 Å². The Bertz CT molecular complexity index is 1820. The van der Waals surface area contributed by atoms with Crippen LogP contribution in [-0.4, -0.2) is 52.0 Å². The molecular formula is C32H30N8O4. The van der Waals surface area contributed by atoms with E-state index in [1.165, 1.54) is 9.59 Å². The number of nitrogens with zero attached hydrogens (tertiary/aromatic N) is 6. The van der Waals surface area contributed by atoms with E-state index in [0.717, 1.165) is 11.1 Å². The molecule has 0 saturated carbocycles. The largest absolute Gasteiger partial charge is 0.505 e. The smallest absolute Gasteiger partial charge is 0.309 e. The summed E-state index contributed by atoms with van der Waals surface area (Å²) in [4.78, 5) is 28.2. The van der Waals surface area contributed by atoms with Crippen molar-refractivity contribution >= 4 is 33.9 Å². The van der Waals surface area contributed by atoms with Crippen molar-refractivity contribution in [1.29, 1.82) is 0 Å². The zero-order valence-electron chi connectivity index (χ0n) is 24.2. The van der Waals surface area contributed by atoms with Crippen LogP contribution in [0.15, 0.2) is 72.8 Å². The minimum Gasteiger partial charge on any atom is -0.505 e. The topological polar surface area (TPSA) is 160 Å². The van der Waals surface area contributed by atoms with Gasteiger partial charge in [-0.15, -0.1) is 30.0 Å². The molecule has 2 aromatic heterocycles. The molecule has 222 valence electrons. The van der Waals surface area contributed by atoms with Gasteiger partial charge in [-0.3, -0.25) is 9.59 Å². The number of rotatable bonds is 8. The summed E-state index contributed by atoms with van der Waals surface area (Å²) in [6, 6.07) is 21.8. The Hall–Kier alpha value is -5.78. The Labute approximate surface area is 251 Å². The van der Waals surface area contributed by atoms with E-state index < -0.39 is 11.8 Å². The third-order valence-electron chi connectivity index (χ3n) is 7.36. The van der Waals surface area contributed by atoms with Gasteiger partial charge in [0.15, 0.2) is 0 Å². The second-order valence-electron chi connectivity index (χ2n) is 10.3. The zero-order valence-corrected chi connectivity index (χ0v) is 24.2. The molecule has 12 nitrogen and oxygen atoms in total. The van der Waals surface area contributed by atoms with E-state index in [1.807, 2.05) is 62.4 Å². The van der Waals surface area contributed by atoms with E-state index in [4.69, 9.17) is 0 Å². The Morgan fingerprint density at radius 2 is 0.955 bits per heavy atom. The molecule has 6 rings (SSSR count). The molecule has 0 aliphatic heterocycles. The molecule has 0 bridgehead atoms. The average Bonchev–Trinajstić information content (AvgIpc) is 3.68. The lowest BCUT2D eigenvalue weighted by Gasteiger charge is -2.14. The van der Waals surface area contributed by atoms with Crippen molar-refractivity contribution in [3.05, 3.63) is 95.1 Å². The summed E-state index contributed by atoms with van der Waals surface area (Å²) in [6.45, 7) is 3.74. The van der Waals surface area contributed by atoms with E-state index in [-0.39, 0.29) is 24.6 Å². The number of hydrogen-bond acceptors (Lipinski definition) is 8. The lowest BCUT2D eigenvalue weighted by molar-refractivity contribution is -0.139. The predicted octanol–water partition coefficient (Wildman–Crippen LogP) is 3.62. The SMILES string of the molecule is CCc1cc(CNC(=O)C(=O)NCc2cc(CC)cc(-n3nc4ccccc4n3)c2O)c(O)c(-n2nc3ccccc3n2)c1. The molecule has 6 aromatic rings. The predicted molar refractivity (Wildman–Crippen MR) is 164 cm³/mol. The maximum absolute atomic E-state index is 12.8. The van der Waals surface area contributed by atoms with Gasteiger partial charge in [-0.25, -0.2) is 0 Å². The lowest BCUT2D eigenvalue weighted by atomic mass is 10.1. The van der Waals surface area contributed by atoms with E-state index in [2.05, 4.69) is 31.0 Å². The van der Waals surface area contributed by atoms with Crippen LogP contribution in [0, 0.1) is 0 Å². The summed E-state index contributed by atoms with van der Waals surface area (Å²) in [6.07, 6.45) is 1.34. The first-order chi connectivity index (χ1) is 21.3. The highest BCUT2D eigenvalue weighted by Gasteiger charge is 2.19. The van der Waals surface area contributed by atoms with Crippen LogP contribution in [0.5, 0.6) is 11.5 Å². The van der Waals surface area contributed by atoms with Crippen molar-refractivity contribution in [2.75, 3.05) is 0 Å². The highest BCUT2D eigenvalue weighted by Crippen LogP contribution is 2.30. The van der Waals surface area contributed by atoms with Crippen LogP contribution in [0.25, 0.3) is 33.4 Å². The highest BCUT2D eigenvalue weighted by molar-refractivity contribution is 6.35. The summed E-state index contributed by atoms with van der Waals surface area (Å²) in [5, 5.41) is 45.1. The first-order valence-corrected chi connectivity index (χ1v) is 14.2. The monoisotopic (exact) mass is 590 g/mol. The normalized spacial score (nSPS) is 11.2. The number of aryl methyl sites for hydroxylation is 2. The van der Waals surface area contributed by atoms with Crippen molar-refractivity contribution in [1.82, 2.24) is 40.6 Å². The van der Waals surface area contributed by atoms with Gasteiger partial charge in [-0.2, -0.15) is 0 Å². The molecule has 0 aliphatic rings. The molecule has 0 saturated heterocycles. The fourth-order valence-electron chi connectivity index (χ4n) is 4.91. The standard InChI is InChI=1S/C32H30N8O4/c1-3-19-13-21(29(41)27(15-19)39-35-23-9-5-6-10-24(23)36-39)17-33-31(43)32(44)34-18-22-14-20(4-2)16-28(30(22)42)40-37-25-11-7-8-12-26(25)38-40/h5-16,41-42H,3-4,17-18H2,1-2H3,(H,33,43)(H,34,44). The second kappa shape index (κ2) is 11.8. The van der Waals surface area contributed by atoms with Gasteiger partial charge < -0.3 is 20.8 Å². The molecule has 4 N–H and O–H groups in total. The fourth-order valence-corrected chi connectivity index (χ4v) is 4.91. The molecule has 4 aromatic carbocycles. The van der Waals surface area contributed by atoms with E-state index in [0.29, 0.717) is 57.4 Å². The number of amides is 2. The third kappa shape index (κ3) is 5.52. The number of hydrogen-bond donors (Lipinski definition) is 4. The molecular weight excluding hydrogens is 560 g/mol. The van der Waals surface area contributed by atoms with Crippen molar-refractivity contribution < 1.29 is 19.8 Å². The molecule has 0 spiro atoms. The molecule has 0 fully saturated rings. The summed E-state index contributed by atoms with van der Waals surface area (Å²) in [7, 11) is 0. The number of aromatic nitrogens is 6. The quantitative estimate of drug-likeness (QED) is 0.196. The number of phenolic OH excluding ortho intramolecular Hbond substituents is 2. The summed E-state index contributed by atoms with van der Waals surface area (Å²) in [5.74, 6) is -1.97. The molecule has 0 unspecified atom stereocenters. The van der Waals surface area contributed by atoms with Crippen molar-refractivity contribution in [3.8, 4) is 22.9 Å². The summed E-state index contributed by atoms with van der Waals surface area (Å²) in [5.41, 5.74) is 6.08. The van der Waals surface area contributed by atoms with Crippen LogP contribution in [-0.2, 0) is 35.5 Å². The maximum Gasteiger partial charge on any atom is 0.309 e. The van der Waals surface area contributed by atoms with E-state index >= 15 is 0 Å². The van der Waals surface area contributed by atoms with Gasteiger partial charge >= 0.3 is 11.8 Å². The minimum absolute atomic E-state index is 0.0983. The van der Waals surface area contributed by atoms with Crippen molar-refractivity contribution in [3.63, 3.8) is 0 Å². The fraction of sp³-hybridized carbons (Fsp3) is 0.188. The van der Waals surface area contributed by atoms with Gasteiger partial charge in [-0.05, 0) is 60.4 Å². The molecule has 2 amide bonds. The number of carbonyl (C=O) groups is 2. The minimum atomic E-state index is -0.887. The van der Waals surface area contributed by atoms with Crippen LogP contribution in [0.2, 0.25) is 0 Å². The Balaban J connectivity index is 1.16. The number of aromatic hydroxyl groups is 2. The van der Waals surface area contributed by atoms with Gasteiger partial charge in [0.2, 0.25) is 0 Å². The Morgan fingerprint density at radius 1 is 0.614 bits per heavy atom. The Kier molecular flexibility index (Phi) is 7.63. The van der Waals surface area contributed by atoms with Gasteiger partial charge in [0.1, 0.15) is 44.9 Å². The number of carbonyl (C=O) groups excluding carboxylic acids is 2. The molecule has 0 radical (unpaired) electrons. The van der Waals surface area contributed by atoms with Crippen LogP contribution in [0.3, 0.4) is 0 Å². The van der Waals surface area contributed by atoms with Crippen LogP contribution >= 0.6 is 0 Å². The summed E-state index contributed by atoms with van der Waals surface area (Å²) >= 11 is 0.